The van der Waals surface area contributed by atoms with Crippen LogP contribution in [0.25, 0.3) is 0 Å². The van der Waals surface area contributed by atoms with Gasteiger partial charge in [0, 0.05) is 24.0 Å². The van der Waals surface area contributed by atoms with Crippen molar-refractivity contribution >= 4 is 23.6 Å². The van der Waals surface area contributed by atoms with Crippen LogP contribution >= 0.6 is 0 Å². The molecule has 31 heavy (non-hydrogen) atoms. The van der Waals surface area contributed by atoms with Crippen LogP contribution in [-0.2, 0) is 4.74 Å². The second-order valence-electron chi connectivity index (χ2n) is 8.44. The number of rotatable bonds is 5. The number of aryl methyl sites for hydroxylation is 1. The van der Waals surface area contributed by atoms with Crippen molar-refractivity contribution in [2.24, 2.45) is 0 Å². The third-order valence-electron chi connectivity index (χ3n) is 6.11. The average molecular weight is 426 g/mol. The quantitative estimate of drug-likeness (QED) is 0.711. The fourth-order valence-corrected chi connectivity index (χ4v) is 4.41. The number of hydrogen-bond acceptors (Lipinski definition) is 4. The summed E-state index contributed by atoms with van der Waals surface area (Å²) in [5.74, 6) is 0.576. The first-order valence-electron chi connectivity index (χ1n) is 11.2. The van der Waals surface area contributed by atoms with Gasteiger partial charge in [-0.15, -0.1) is 0 Å². The van der Waals surface area contributed by atoms with Crippen molar-refractivity contribution in [2.75, 3.05) is 23.4 Å². The van der Waals surface area contributed by atoms with E-state index >= 15 is 0 Å². The molecule has 0 radical (unpaired) electrons. The summed E-state index contributed by atoms with van der Waals surface area (Å²) >= 11 is 0. The molecule has 0 spiro atoms. The summed E-state index contributed by atoms with van der Waals surface area (Å²) in [7, 11) is 0. The number of benzene rings is 1. The summed E-state index contributed by atoms with van der Waals surface area (Å²) in [6.07, 6.45) is 6.58. The Morgan fingerprint density at radius 1 is 1.16 bits per heavy atom. The molecule has 1 aliphatic heterocycles. The SMILES string of the molecule is Cc1cc(NC(=O)NC(C)c2ccc(N3CCCOC3=O)cc2)nn1C1CCCCC1. The largest absolute Gasteiger partial charge is 0.449 e. The van der Waals surface area contributed by atoms with Gasteiger partial charge in [0.25, 0.3) is 0 Å². The number of carbonyl (C=O) groups is 2. The van der Waals surface area contributed by atoms with Gasteiger partial charge in [0.1, 0.15) is 0 Å². The van der Waals surface area contributed by atoms with Crippen LogP contribution in [0.15, 0.2) is 30.3 Å². The highest BCUT2D eigenvalue weighted by Gasteiger charge is 2.22. The Hall–Kier alpha value is -3.03. The summed E-state index contributed by atoms with van der Waals surface area (Å²) in [4.78, 5) is 26.0. The molecule has 2 aromatic rings. The van der Waals surface area contributed by atoms with Crippen molar-refractivity contribution in [1.29, 1.82) is 0 Å². The molecule has 2 N–H and O–H groups in total. The highest BCUT2D eigenvalue weighted by atomic mass is 16.6. The molecular formula is C23H31N5O3. The lowest BCUT2D eigenvalue weighted by Gasteiger charge is -2.26. The molecule has 1 atom stereocenters. The second kappa shape index (κ2) is 9.41. The zero-order valence-corrected chi connectivity index (χ0v) is 18.3. The molecule has 0 bridgehead atoms. The van der Waals surface area contributed by atoms with Gasteiger partial charge in [0.2, 0.25) is 0 Å². The van der Waals surface area contributed by atoms with Crippen LogP contribution in [0.4, 0.5) is 21.1 Å². The second-order valence-corrected chi connectivity index (χ2v) is 8.44. The Bertz CT molecular complexity index is 918. The van der Waals surface area contributed by atoms with E-state index in [4.69, 9.17) is 4.74 Å². The third-order valence-corrected chi connectivity index (χ3v) is 6.11. The van der Waals surface area contributed by atoms with Crippen LogP contribution in [0.5, 0.6) is 0 Å². The maximum atomic E-state index is 12.5. The lowest BCUT2D eigenvalue weighted by molar-refractivity contribution is 0.140. The minimum absolute atomic E-state index is 0.191. The van der Waals surface area contributed by atoms with E-state index in [2.05, 4.69) is 20.4 Å². The predicted molar refractivity (Wildman–Crippen MR) is 119 cm³/mol. The van der Waals surface area contributed by atoms with E-state index in [1.165, 1.54) is 19.3 Å². The van der Waals surface area contributed by atoms with E-state index in [1.807, 2.05) is 44.2 Å². The average Bonchev–Trinajstić information content (AvgIpc) is 3.14. The van der Waals surface area contributed by atoms with Gasteiger partial charge in [-0.1, -0.05) is 31.4 Å². The first-order chi connectivity index (χ1) is 15.0. The number of anilines is 2. The van der Waals surface area contributed by atoms with Gasteiger partial charge in [-0.05, 0) is 50.8 Å². The summed E-state index contributed by atoms with van der Waals surface area (Å²) < 4.78 is 7.15. The first kappa shape index (κ1) is 21.2. The summed E-state index contributed by atoms with van der Waals surface area (Å²) in [5.41, 5.74) is 2.82. The minimum atomic E-state index is -0.312. The van der Waals surface area contributed by atoms with E-state index in [0.717, 1.165) is 36.2 Å². The summed E-state index contributed by atoms with van der Waals surface area (Å²) in [5, 5.41) is 10.4. The lowest BCUT2D eigenvalue weighted by Crippen LogP contribution is -2.37. The highest BCUT2D eigenvalue weighted by molar-refractivity contribution is 5.89. The minimum Gasteiger partial charge on any atom is -0.449 e. The highest BCUT2D eigenvalue weighted by Crippen LogP contribution is 2.29. The molecule has 1 aromatic heterocycles. The monoisotopic (exact) mass is 425 g/mol. The van der Waals surface area contributed by atoms with Crippen molar-refractivity contribution in [3.05, 3.63) is 41.6 Å². The summed E-state index contributed by atoms with van der Waals surface area (Å²) in [6.45, 7) is 5.09. The fourth-order valence-electron chi connectivity index (χ4n) is 4.41. The number of ether oxygens (including phenoxy) is 1. The Balaban J connectivity index is 1.34. The molecule has 3 amide bonds. The zero-order valence-electron chi connectivity index (χ0n) is 18.3. The van der Waals surface area contributed by atoms with Gasteiger partial charge < -0.3 is 10.1 Å². The van der Waals surface area contributed by atoms with Crippen molar-refractivity contribution < 1.29 is 14.3 Å². The molecule has 166 valence electrons. The number of cyclic esters (lactones) is 1. The molecule has 1 unspecified atom stereocenters. The van der Waals surface area contributed by atoms with Gasteiger partial charge in [0.05, 0.1) is 18.7 Å². The van der Waals surface area contributed by atoms with E-state index in [1.54, 1.807) is 4.90 Å². The lowest BCUT2D eigenvalue weighted by atomic mass is 9.95. The molecule has 1 aliphatic carbocycles. The molecule has 1 saturated carbocycles. The molecule has 2 fully saturated rings. The number of nitrogens with one attached hydrogen (secondary N) is 2. The molecule has 2 aliphatic rings. The standard InChI is InChI=1S/C23H31N5O3/c1-16-15-21(26-28(16)20-7-4-3-5-8-20)25-22(29)24-17(2)18-9-11-19(12-10-18)27-13-6-14-31-23(27)30/h9-12,15,17,20H,3-8,13-14H2,1-2H3,(H2,24,25,26,29). The molecule has 8 nitrogen and oxygen atoms in total. The first-order valence-corrected chi connectivity index (χ1v) is 11.2. The fraction of sp³-hybridized carbons (Fsp3) is 0.522. The van der Waals surface area contributed by atoms with Crippen molar-refractivity contribution in [2.45, 2.75) is 64.5 Å². The number of amides is 3. The Morgan fingerprint density at radius 2 is 1.90 bits per heavy atom. The van der Waals surface area contributed by atoms with E-state index in [0.29, 0.717) is 25.0 Å². The van der Waals surface area contributed by atoms with Crippen molar-refractivity contribution in [3.8, 4) is 0 Å². The van der Waals surface area contributed by atoms with Crippen LogP contribution < -0.4 is 15.5 Å². The Labute approximate surface area is 182 Å². The molecule has 4 rings (SSSR count). The number of hydrogen-bond donors (Lipinski definition) is 2. The van der Waals surface area contributed by atoms with E-state index < -0.39 is 0 Å². The smallest absolute Gasteiger partial charge is 0.414 e. The number of carbonyl (C=O) groups excluding carboxylic acids is 2. The predicted octanol–water partition coefficient (Wildman–Crippen LogP) is 4.93. The van der Waals surface area contributed by atoms with Crippen LogP contribution in [0, 0.1) is 6.92 Å². The van der Waals surface area contributed by atoms with Gasteiger partial charge in [-0.3, -0.25) is 14.9 Å². The topological polar surface area (TPSA) is 88.5 Å². The number of nitrogens with zero attached hydrogens (tertiary/aromatic N) is 3. The van der Waals surface area contributed by atoms with Gasteiger partial charge in [0.15, 0.2) is 5.82 Å². The number of urea groups is 1. The van der Waals surface area contributed by atoms with Crippen molar-refractivity contribution in [3.63, 3.8) is 0 Å². The van der Waals surface area contributed by atoms with E-state index in [-0.39, 0.29) is 18.2 Å². The van der Waals surface area contributed by atoms with Crippen LogP contribution in [0.2, 0.25) is 0 Å². The molecule has 1 aromatic carbocycles. The molecular weight excluding hydrogens is 394 g/mol. The Morgan fingerprint density at radius 3 is 2.61 bits per heavy atom. The maximum absolute atomic E-state index is 12.5. The normalized spacial score (nSPS) is 18.4. The summed E-state index contributed by atoms with van der Waals surface area (Å²) in [6, 6.07) is 9.48. The van der Waals surface area contributed by atoms with Gasteiger partial charge in [-0.25, -0.2) is 9.59 Å². The molecule has 1 saturated heterocycles. The maximum Gasteiger partial charge on any atom is 0.414 e. The van der Waals surface area contributed by atoms with Gasteiger partial charge >= 0.3 is 12.1 Å². The van der Waals surface area contributed by atoms with Crippen molar-refractivity contribution in [1.82, 2.24) is 15.1 Å². The Kier molecular flexibility index (Phi) is 6.44. The zero-order chi connectivity index (χ0) is 21.8. The van der Waals surface area contributed by atoms with Crippen LogP contribution in [-0.4, -0.2) is 35.1 Å². The van der Waals surface area contributed by atoms with Crippen LogP contribution in [0.3, 0.4) is 0 Å². The van der Waals surface area contributed by atoms with E-state index in [9.17, 15) is 9.59 Å². The molecule has 8 heteroatoms. The van der Waals surface area contributed by atoms with Gasteiger partial charge in [-0.2, -0.15) is 5.10 Å². The molecule has 2 heterocycles. The third kappa shape index (κ3) is 5.00. The number of aromatic nitrogens is 2. The van der Waals surface area contributed by atoms with Crippen LogP contribution in [0.1, 0.15) is 68.8 Å².